The molecule has 0 aromatic heterocycles. The normalized spacial score (nSPS) is 10.7. The number of hydrogen-bond donors (Lipinski definition) is 1. The lowest BCUT2D eigenvalue weighted by Crippen LogP contribution is -2.24. The summed E-state index contributed by atoms with van der Waals surface area (Å²) >= 11 is 17.8. The van der Waals surface area contributed by atoms with Crippen LogP contribution in [0.4, 0.5) is 0 Å². The number of para-hydroxylation sites is 1. The van der Waals surface area contributed by atoms with Crippen LogP contribution in [0.2, 0.25) is 15.1 Å². The van der Waals surface area contributed by atoms with E-state index in [-0.39, 0.29) is 22.9 Å². The molecule has 7 nitrogen and oxygen atoms in total. The molecule has 0 unspecified atom stereocenters. The van der Waals surface area contributed by atoms with Gasteiger partial charge in [-0.15, -0.1) is 0 Å². The van der Waals surface area contributed by atoms with Gasteiger partial charge in [-0.1, -0.05) is 46.9 Å². The fraction of sp³-hybridized carbons (Fsp3) is 0.0870. The summed E-state index contributed by atoms with van der Waals surface area (Å²) in [6, 6.07) is 16.0. The second-order valence-corrected chi connectivity index (χ2v) is 7.66. The van der Waals surface area contributed by atoms with E-state index in [1.165, 1.54) is 37.6 Å². The van der Waals surface area contributed by atoms with E-state index < -0.39 is 11.9 Å². The average Bonchev–Trinajstić information content (AvgIpc) is 2.81. The highest BCUT2D eigenvalue weighted by Gasteiger charge is 2.14. The third-order valence-corrected chi connectivity index (χ3v) is 5.20. The molecule has 0 aliphatic carbocycles. The molecule has 33 heavy (non-hydrogen) atoms. The van der Waals surface area contributed by atoms with E-state index in [4.69, 9.17) is 49.0 Å². The van der Waals surface area contributed by atoms with Crippen LogP contribution in [0.15, 0.2) is 65.8 Å². The van der Waals surface area contributed by atoms with Crippen LogP contribution in [0.1, 0.15) is 15.9 Å². The average molecular weight is 508 g/mol. The number of carbonyl (C=O) groups is 2. The van der Waals surface area contributed by atoms with Crippen molar-refractivity contribution in [2.75, 3.05) is 13.7 Å². The second-order valence-electron chi connectivity index (χ2n) is 6.44. The van der Waals surface area contributed by atoms with Crippen LogP contribution in [0.25, 0.3) is 0 Å². The van der Waals surface area contributed by atoms with Crippen molar-refractivity contribution >= 4 is 52.9 Å². The molecule has 0 aliphatic heterocycles. The van der Waals surface area contributed by atoms with Crippen molar-refractivity contribution in [3.8, 4) is 17.2 Å². The molecule has 0 saturated heterocycles. The van der Waals surface area contributed by atoms with Gasteiger partial charge in [0.2, 0.25) is 0 Å². The molecule has 0 spiro atoms. The number of methoxy groups -OCH3 is 1. The Morgan fingerprint density at radius 3 is 2.42 bits per heavy atom. The van der Waals surface area contributed by atoms with Crippen LogP contribution in [0, 0.1) is 0 Å². The van der Waals surface area contributed by atoms with Crippen LogP contribution in [0.5, 0.6) is 17.2 Å². The lowest BCUT2D eigenvalue weighted by atomic mass is 10.2. The van der Waals surface area contributed by atoms with Crippen LogP contribution in [-0.4, -0.2) is 31.8 Å². The Hall–Kier alpha value is -3.26. The summed E-state index contributed by atoms with van der Waals surface area (Å²) in [6.45, 7) is -0.256. The summed E-state index contributed by atoms with van der Waals surface area (Å²) < 4.78 is 16.0. The van der Waals surface area contributed by atoms with Crippen molar-refractivity contribution in [2.45, 2.75) is 0 Å². The van der Waals surface area contributed by atoms with Gasteiger partial charge in [-0.25, -0.2) is 10.2 Å². The van der Waals surface area contributed by atoms with Gasteiger partial charge in [-0.3, -0.25) is 4.79 Å². The number of benzene rings is 3. The van der Waals surface area contributed by atoms with Crippen molar-refractivity contribution in [3.05, 3.63) is 86.9 Å². The van der Waals surface area contributed by atoms with Crippen LogP contribution in [-0.2, 0) is 4.79 Å². The summed E-state index contributed by atoms with van der Waals surface area (Å²) in [5.41, 5.74) is 3.18. The zero-order chi connectivity index (χ0) is 23.8. The fourth-order valence-corrected chi connectivity index (χ4v) is 3.04. The minimum atomic E-state index is -0.626. The molecule has 3 rings (SSSR count). The zero-order valence-electron chi connectivity index (χ0n) is 17.2. The SMILES string of the molecule is COc1cc(/C=N\NC(=O)COc2ccccc2Cl)ccc1OC(=O)c1ccc(Cl)c(Cl)c1. The molecule has 10 heteroatoms. The van der Waals surface area contributed by atoms with Crippen LogP contribution >= 0.6 is 34.8 Å². The number of ether oxygens (including phenoxy) is 3. The molecular weight excluding hydrogens is 491 g/mol. The van der Waals surface area contributed by atoms with E-state index in [1.807, 2.05) is 0 Å². The Morgan fingerprint density at radius 1 is 0.909 bits per heavy atom. The minimum absolute atomic E-state index is 0.197. The quantitative estimate of drug-likeness (QED) is 0.191. The number of hydrogen-bond acceptors (Lipinski definition) is 6. The monoisotopic (exact) mass is 506 g/mol. The summed E-state index contributed by atoms with van der Waals surface area (Å²) in [6.07, 6.45) is 1.40. The number of halogens is 3. The molecule has 3 aromatic rings. The van der Waals surface area contributed by atoms with Gasteiger partial charge < -0.3 is 14.2 Å². The first kappa shape index (κ1) is 24.4. The topological polar surface area (TPSA) is 86.2 Å². The number of carbonyl (C=O) groups excluding carboxylic acids is 2. The van der Waals surface area contributed by atoms with Gasteiger partial charge >= 0.3 is 5.97 Å². The molecule has 0 fully saturated rings. The van der Waals surface area contributed by atoms with Gasteiger partial charge in [0, 0.05) is 0 Å². The highest BCUT2D eigenvalue weighted by atomic mass is 35.5. The molecule has 3 aromatic carbocycles. The predicted molar refractivity (Wildman–Crippen MR) is 127 cm³/mol. The predicted octanol–water partition coefficient (Wildman–Crippen LogP) is 5.40. The van der Waals surface area contributed by atoms with Crippen LogP contribution < -0.4 is 19.6 Å². The highest BCUT2D eigenvalue weighted by molar-refractivity contribution is 6.42. The molecule has 0 atom stereocenters. The first-order valence-electron chi connectivity index (χ1n) is 9.42. The number of nitrogens with one attached hydrogen (secondary N) is 1. The molecule has 0 radical (unpaired) electrons. The van der Waals surface area contributed by atoms with Crippen LogP contribution in [0.3, 0.4) is 0 Å². The zero-order valence-corrected chi connectivity index (χ0v) is 19.4. The Bertz CT molecular complexity index is 1200. The molecule has 1 amide bonds. The highest BCUT2D eigenvalue weighted by Crippen LogP contribution is 2.29. The Balaban J connectivity index is 1.59. The third-order valence-electron chi connectivity index (χ3n) is 4.14. The molecule has 170 valence electrons. The van der Waals surface area contributed by atoms with Gasteiger partial charge in [0.1, 0.15) is 5.75 Å². The summed E-state index contributed by atoms with van der Waals surface area (Å²) in [4.78, 5) is 24.3. The van der Waals surface area contributed by atoms with E-state index in [0.717, 1.165) is 0 Å². The van der Waals surface area contributed by atoms with Gasteiger partial charge in [0.25, 0.3) is 5.91 Å². The maximum atomic E-state index is 12.4. The first-order chi connectivity index (χ1) is 15.9. The van der Waals surface area contributed by atoms with Crippen molar-refractivity contribution in [2.24, 2.45) is 5.10 Å². The largest absolute Gasteiger partial charge is 0.493 e. The Kier molecular flexibility index (Phi) is 8.54. The van der Waals surface area contributed by atoms with Gasteiger partial charge in [0.15, 0.2) is 18.1 Å². The second kappa shape index (κ2) is 11.6. The summed E-state index contributed by atoms with van der Waals surface area (Å²) in [5.74, 6) is -0.206. The lowest BCUT2D eigenvalue weighted by molar-refractivity contribution is -0.123. The van der Waals surface area contributed by atoms with E-state index in [2.05, 4.69) is 10.5 Å². The Morgan fingerprint density at radius 2 is 1.70 bits per heavy atom. The van der Waals surface area contributed by atoms with E-state index in [9.17, 15) is 9.59 Å². The molecule has 1 N–H and O–H groups in total. The van der Waals surface area contributed by atoms with Crippen molar-refractivity contribution < 1.29 is 23.8 Å². The van der Waals surface area contributed by atoms with E-state index >= 15 is 0 Å². The Labute approximate surface area is 204 Å². The summed E-state index contributed by atoms with van der Waals surface area (Å²) in [7, 11) is 1.43. The van der Waals surface area contributed by atoms with Crippen molar-refractivity contribution in [1.82, 2.24) is 5.43 Å². The standard InChI is InChI=1S/C23H17Cl3N2O5/c1-31-21-10-14(12-27-28-22(29)13-32-19-5-3-2-4-17(19)25)6-9-20(21)33-23(30)15-7-8-16(24)18(26)11-15/h2-12H,13H2,1H3,(H,28,29)/b27-12-. The molecule has 0 saturated carbocycles. The minimum Gasteiger partial charge on any atom is -0.493 e. The third kappa shape index (κ3) is 6.86. The molecular formula is C23H17Cl3N2O5. The number of amides is 1. The van der Waals surface area contributed by atoms with Gasteiger partial charge in [-0.2, -0.15) is 5.10 Å². The van der Waals surface area contributed by atoms with E-state index in [1.54, 1.807) is 36.4 Å². The molecule has 0 bridgehead atoms. The number of hydrazone groups is 1. The van der Waals surface area contributed by atoms with E-state index in [0.29, 0.717) is 27.1 Å². The maximum absolute atomic E-state index is 12.4. The first-order valence-corrected chi connectivity index (χ1v) is 10.5. The fourth-order valence-electron chi connectivity index (χ4n) is 2.55. The number of esters is 1. The van der Waals surface area contributed by atoms with Crippen molar-refractivity contribution in [3.63, 3.8) is 0 Å². The number of nitrogens with zero attached hydrogens (tertiary/aromatic N) is 1. The van der Waals surface area contributed by atoms with Gasteiger partial charge in [0.05, 0.1) is 34.0 Å². The van der Waals surface area contributed by atoms with Gasteiger partial charge in [-0.05, 0) is 54.1 Å². The van der Waals surface area contributed by atoms with Crippen molar-refractivity contribution in [1.29, 1.82) is 0 Å². The summed E-state index contributed by atoms with van der Waals surface area (Å²) in [5, 5.41) is 4.85. The number of rotatable bonds is 8. The lowest BCUT2D eigenvalue weighted by Gasteiger charge is -2.10. The molecule has 0 aliphatic rings. The molecule has 0 heterocycles. The smallest absolute Gasteiger partial charge is 0.343 e. The maximum Gasteiger partial charge on any atom is 0.343 e.